The van der Waals surface area contributed by atoms with Crippen molar-refractivity contribution in [2.45, 2.75) is 13.8 Å². The van der Waals surface area contributed by atoms with Crippen LogP contribution in [0.2, 0.25) is 0 Å². The Balaban J connectivity index is 2.44. The van der Waals surface area contributed by atoms with E-state index in [1.807, 2.05) is 0 Å². The number of ketones is 2. The molecular formula is C12H10O3. The van der Waals surface area contributed by atoms with Gasteiger partial charge >= 0.3 is 0 Å². The van der Waals surface area contributed by atoms with E-state index >= 15 is 0 Å². The molecular weight excluding hydrogens is 192 g/mol. The van der Waals surface area contributed by atoms with Gasteiger partial charge in [-0.25, -0.2) is 0 Å². The number of aryl methyl sites for hydroxylation is 1. The number of carbonyl (C=O) groups excluding carboxylic acids is 2. The molecule has 0 saturated heterocycles. The molecule has 3 nitrogen and oxygen atoms in total. The molecule has 15 heavy (non-hydrogen) atoms. The molecule has 1 aromatic heterocycles. The van der Waals surface area contributed by atoms with Crippen LogP contribution >= 0.6 is 0 Å². The largest absolute Gasteiger partial charge is 0.461 e. The average Bonchev–Trinajstić information content (AvgIpc) is 2.58. The molecule has 0 atom stereocenters. The van der Waals surface area contributed by atoms with Crippen molar-refractivity contribution in [3.8, 4) is 0 Å². The van der Waals surface area contributed by atoms with Crippen LogP contribution in [0.15, 0.2) is 34.3 Å². The van der Waals surface area contributed by atoms with Crippen LogP contribution in [-0.2, 0) is 9.59 Å². The molecule has 2 rings (SSSR count). The van der Waals surface area contributed by atoms with E-state index in [2.05, 4.69) is 0 Å². The number of rotatable bonds is 1. The summed E-state index contributed by atoms with van der Waals surface area (Å²) in [5.41, 5.74) is 0.797. The Hall–Kier alpha value is -1.90. The first kappa shape index (κ1) is 9.65. The number of hydrogen-bond acceptors (Lipinski definition) is 3. The van der Waals surface area contributed by atoms with Crippen LogP contribution < -0.4 is 0 Å². The minimum atomic E-state index is -0.179. The third-order valence-corrected chi connectivity index (χ3v) is 2.28. The summed E-state index contributed by atoms with van der Waals surface area (Å²) in [6, 6.07) is 3.46. The molecule has 0 fully saturated rings. The maximum atomic E-state index is 11.6. The number of allylic oxidation sites excluding steroid dienone is 4. The fourth-order valence-corrected chi connectivity index (χ4v) is 1.43. The van der Waals surface area contributed by atoms with Gasteiger partial charge in [-0.15, -0.1) is 0 Å². The van der Waals surface area contributed by atoms with E-state index in [-0.39, 0.29) is 11.6 Å². The van der Waals surface area contributed by atoms with E-state index in [1.54, 1.807) is 26.0 Å². The van der Waals surface area contributed by atoms with Crippen LogP contribution in [0, 0.1) is 6.92 Å². The first-order valence-electron chi connectivity index (χ1n) is 4.63. The Morgan fingerprint density at radius 1 is 1.00 bits per heavy atom. The fraction of sp³-hybridized carbons (Fsp3) is 0.167. The predicted octanol–water partition coefficient (Wildman–Crippen LogP) is 2.07. The molecule has 76 valence electrons. The second kappa shape index (κ2) is 3.35. The first-order chi connectivity index (χ1) is 7.08. The second-order valence-corrected chi connectivity index (χ2v) is 3.52. The van der Waals surface area contributed by atoms with Gasteiger partial charge in [-0.2, -0.15) is 0 Å². The molecule has 0 spiro atoms. The van der Waals surface area contributed by atoms with Crippen LogP contribution in [0.4, 0.5) is 0 Å². The summed E-state index contributed by atoms with van der Waals surface area (Å²) in [5.74, 6) is 0.854. The van der Waals surface area contributed by atoms with E-state index < -0.39 is 0 Å². The van der Waals surface area contributed by atoms with Crippen LogP contribution in [0.5, 0.6) is 0 Å². The number of furan rings is 1. The summed E-state index contributed by atoms with van der Waals surface area (Å²) in [6.07, 6.45) is 2.67. The van der Waals surface area contributed by atoms with Crippen molar-refractivity contribution in [1.82, 2.24) is 0 Å². The molecule has 0 aliphatic heterocycles. The summed E-state index contributed by atoms with van der Waals surface area (Å²) in [6.45, 7) is 3.42. The molecule has 0 radical (unpaired) electrons. The summed E-state index contributed by atoms with van der Waals surface area (Å²) < 4.78 is 5.31. The van der Waals surface area contributed by atoms with E-state index in [0.29, 0.717) is 16.9 Å². The summed E-state index contributed by atoms with van der Waals surface area (Å²) >= 11 is 0. The minimum Gasteiger partial charge on any atom is -0.461 e. The normalized spacial score (nSPS) is 16.4. The van der Waals surface area contributed by atoms with Gasteiger partial charge in [0, 0.05) is 11.6 Å². The van der Waals surface area contributed by atoms with Crippen molar-refractivity contribution in [2.24, 2.45) is 0 Å². The zero-order valence-corrected chi connectivity index (χ0v) is 8.53. The van der Waals surface area contributed by atoms with Crippen molar-refractivity contribution in [1.29, 1.82) is 0 Å². The maximum Gasteiger partial charge on any atom is 0.190 e. The van der Waals surface area contributed by atoms with Crippen LogP contribution in [0.1, 0.15) is 18.4 Å². The van der Waals surface area contributed by atoms with Gasteiger partial charge in [-0.1, -0.05) is 0 Å². The molecule has 1 aromatic rings. The first-order valence-corrected chi connectivity index (χ1v) is 4.63. The van der Waals surface area contributed by atoms with Crippen molar-refractivity contribution in [3.05, 3.63) is 41.4 Å². The predicted molar refractivity (Wildman–Crippen MR) is 55.2 cm³/mol. The Morgan fingerprint density at radius 3 is 2.33 bits per heavy atom. The highest BCUT2D eigenvalue weighted by Crippen LogP contribution is 2.23. The van der Waals surface area contributed by atoms with E-state index in [0.717, 1.165) is 5.76 Å². The highest BCUT2D eigenvalue weighted by Gasteiger charge is 2.20. The van der Waals surface area contributed by atoms with Gasteiger partial charge in [0.25, 0.3) is 0 Å². The van der Waals surface area contributed by atoms with Gasteiger partial charge in [-0.05, 0) is 32.1 Å². The molecule has 3 heteroatoms. The van der Waals surface area contributed by atoms with Crippen LogP contribution in [0.3, 0.4) is 0 Å². The zero-order valence-electron chi connectivity index (χ0n) is 8.53. The lowest BCUT2D eigenvalue weighted by Crippen LogP contribution is -2.10. The second-order valence-electron chi connectivity index (χ2n) is 3.52. The number of carbonyl (C=O) groups is 2. The average molecular weight is 202 g/mol. The Bertz CT molecular complexity index is 501. The van der Waals surface area contributed by atoms with Crippen molar-refractivity contribution < 1.29 is 14.0 Å². The molecule has 0 unspecified atom stereocenters. The standard InChI is InChI=1S/C12H10O3/c1-7-5-11(14)9(6-10(7)13)12-4-3-8(2)15-12/h3-6H,1-2H3. The smallest absolute Gasteiger partial charge is 0.190 e. The van der Waals surface area contributed by atoms with Crippen LogP contribution in [0.25, 0.3) is 5.57 Å². The summed E-state index contributed by atoms with van der Waals surface area (Å²) in [7, 11) is 0. The van der Waals surface area contributed by atoms with E-state index in [4.69, 9.17) is 4.42 Å². The quantitative estimate of drug-likeness (QED) is 0.655. The SMILES string of the molecule is CC1=CC(=O)C(c2ccc(C)o2)=CC1=O. The molecule has 1 heterocycles. The van der Waals surface area contributed by atoms with Crippen molar-refractivity contribution in [2.75, 3.05) is 0 Å². The third kappa shape index (κ3) is 1.68. The Labute approximate surface area is 87.1 Å². The highest BCUT2D eigenvalue weighted by molar-refractivity contribution is 6.34. The molecule has 0 aromatic carbocycles. The zero-order chi connectivity index (χ0) is 11.0. The lowest BCUT2D eigenvalue weighted by atomic mass is 9.97. The summed E-state index contributed by atoms with van der Waals surface area (Å²) in [4.78, 5) is 23.0. The van der Waals surface area contributed by atoms with Crippen molar-refractivity contribution >= 4 is 17.1 Å². The van der Waals surface area contributed by atoms with Gasteiger partial charge < -0.3 is 4.42 Å². The van der Waals surface area contributed by atoms with Crippen LogP contribution in [-0.4, -0.2) is 11.6 Å². The maximum absolute atomic E-state index is 11.6. The fourth-order valence-electron chi connectivity index (χ4n) is 1.43. The van der Waals surface area contributed by atoms with Gasteiger partial charge in [0.05, 0.1) is 5.57 Å². The number of hydrogen-bond donors (Lipinski definition) is 0. The Morgan fingerprint density at radius 2 is 1.73 bits per heavy atom. The van der Waals surface area contributed by atoms with Gasteiger partial charge in [-0.3, -0.25) is 9.59 Å². The highest BCUT2D eigenvalue weighted by atomic mass is 16.3. The van der Waals surface area contributed by atoms with E-state index in [9.17, 15) is 9.59 Å². The Kier molecular flexibility index (Phi) is 2.15. The van der Waals surface area contributed by atoms with Gasteiger partial charge in [0.15, 0.2) is 11.6 Å². The molecule has 1 aliphatic carbocycles. The monoisotopic (exact) mass is 202 g/mol. The van der Waals surface area contributed by atoms with Gasteiger partial charge in [0.2, 0.25) is 0 Å². The molecule has 0 bridgehead atoms. The summed E-state index contributed by atoms with van der Waals surface area (Å²) in [5, 5.41) is 0. The molecule has 0 saturated carbocycles. The molecule has 0 N–H and O–H groups in total. The lowest BCUT2D eigenvalue weighted by Gasteiger charge is -2.06. The van der Waals surface area contributed by atoms with Gasteiger partial charge in [0.1, 0.15) is 11.5 Å². The molecule has 1 aliphatic rings. The topological polar surface area (TPSA) is 47.3 Å². The minimum absolute atomic E-state index is 0.140. The third-order valence-electron chi connectivity index (χ3n) is 2.28. The molecule has 0 amide bonds. The lowest BCUT2D eigenvalue weighted by molar-refractivity contribution is -0.114. The van der Waals surface area contributed by atoms with E-state index in [1.165, 1.54) is 12.2 Å². The van der Waals surface area contributed by atoms with Crippen molar-refractivity contribution in [3.63, 3.8) is 0 Å².